The summed E-state index contributed by atoms with van der Waals surface area (Å²) < 4.78 is 10.5. The van der Waals surface area contributed by atoms with Crippen LogP contribution in [-0.4, -0.2) is 52.0 Å². The number of hydrogen-bond donors (Lipinski definition) is 2. The molecule has 0 saturated carbocycles. The van der Waals surface area contributed by atoms with E-state index in [9.17, 15) is 0 Å². The fraction of sp³-hybridized carbons (Fsp3) is 0.538. The fourth-order valence-electron chi connectivity index (χ4n) is 2.02. The Morgan fingerprint density at radius 1 is 1.17 bits per heavy atom. The quantitative estimate of drug-likeness (QED) is 0.817. The van der Waals surface area contributed by atoms with Crippen molar-refractivity contribution >= 4 is 5.69 Å². The Labute approximate surface area is 108 Å². The predicted octanol–water partition coefficient (Wildman–Crippen LogP) is 0.978. The summed E-state index contributed by atoms with van der Waals surface area (Å²) >= 11 is 0. The molecule has 2 N–H and O–H groups in total. The minimum atomic E-state index is 0.753. The molecule has 1 aliphatic heterocycles. The molecule has 0 unspecified atom stereocenters. The van der Waals surface area contributed by atoms with Crippen LogP contribution in [0.15, 0.2) is 18.2 Å². The van der Waals surface area contributed by atoms with Gasteiger partial charge in [-0.2, -0.15) is 0 Å². The van der Waals surface area contributed by atoms with Crippen LogP contribution in [0.4, 0.5) is 5.69 Å². The Kier molecular flexibility index (Phi) is 4.66. The zero-order valence-corrected chi connectivity index (χ0v) is 11.0. The molecule has 1 aromatic rings. The number of nitrogens with zero attached hydrogens (tertiary/aromatic N) is 1. The molecule has 0 spiro atoms. The SMILES string of the molecule is COc1ccc(NCN2CCNCC2)cc1OC. The molecule has 18 heavy (non-hydrogen) atoms. The number of ether oxygens (including phenoxy) is 2. The van der Waals surface area contributed by atoms with E-state index in [0.29, 0.717) is 0 Å². The van der Waals surface area contributed by atoms with Crippen LogP contribution in [-0.2, 0) is 0 Å². The van der Waals surface area contributed by atoms with Gasteiger partial charge in [0, 0.05) is 37.9 Å². The zero-order chi connectivity index (χ0) is 12.8. The molecule has 1 aliphatic rings. The lowest BCUT2D eigenvalue weighted by molar-refractivity contribution is 0.256. The van der Waals surface area contributed by atoms with Crippen LogP contribution in [0.1, 0.15) is 0 Å². The number of anilines is 1. The maximum atomic E-state index is 5.28. The van der Waals surface area contributed by atoms with Crippen molar-refractivity contribution in [3.63, 3.8) is 0 Å². The third-order valence-corrected chi connectivity index (χ3v) is 3.10. The zero-order valence-electron chi connectivity index (χ0n) is 11.0. The lowest BCUT2D eigenvalue weighted by atomic mass is 10.2. The van der Waals surface area contributed by atoms with E-state index in [0.717, 1.165) is 50.0 Å². The van der Waals surface area contributed by atoms with E-state index in [1.165, 1.54) is 0 Å². The van der Waals surface area contributed by atoms with E-state index in [4.69, 9.17) is 9.47 Å². The largest absolute Gasteiger partial charge is 0.493 e. The van der Waals surface area contributed by atoms with Crippen molar-refractivity contribution < 1.29 is 9.47 Å². The van der Waals surface area contributed by atoms with E-state index in [1.54, 1.807) is 14.2 Å². The maximum absolute atomic E-state index is 5.28. The molecule has 1 saturated heterocycles. The first kappa shape index (κ1) is 13.0. The topological polar surface area (TPSA) is 45.8 Å². The molecule has 0 aliphatic carbocycles. The number of piperazine rings is 1. The van der Waals surface area contributed by atoms with Crippen LogP contribution in [0.25, 0.3) is 0 Å². The van der Waals surface area contributed by atoms with Crippen molar-refractivity contribution in [2.45, 2.75) is 0 Å². The smallest absolute Gasteiger partial charge is 0.162 e. The fourth-order valence-corrected chi connectivity index (χ4v) is 2.02. The van der Waals surface area contributed by atoms with Gasteiger partial charge in [0.25, 0.3) is 0 Å². The summed E-state index contributed by atoms with van der Waals surface area (Å²) in [5, 5.41) is 6.74. The summed E-state index contributed by atoms with van der Waals surface area (Å²) in [4.78, 5) is 2.38. The lowest BCUT2D eigenvalue weighted by Crippen LogP contribution is -2.45. The van der Waals surface area contributed by atoms with Gasteiger partial charge in [-0.15, -0.1) is 0 Å². The molecule has 0 radical (unpaired) electrons. The second kappa shape index (κ2) is 6.47. The highest BCUT2D eigenvalue weighted by Gasteiger charge is 2.09. The van der Waals surface area contributed by atoms with E-state index in [2.05, 4.69) is 15.5 Å². The van der Waals surface area contributed by atoms with E-state index >= 15 is 0 Å². The van der Waals surface area contributed by atoms with E-state index in [1.807, 2.05) is 18.2 Å². The molecule has 0 atom stereocenters. The first-order chi connectivity index (χ1) is 8.83. The molecule has 0 bridgehead atoms. The Hall–Kier alpha value is -1.46. The van der Waals surface area contributed by atoms with Gasteiger partial charge < -0.3 is 20.1 Å². The van der Waals surface area contributed by atoms with Crippen molar-refractivity contribution in [1.82, 2.24) is 10.2 Å². The maximum Gasteiger partial charge on any atom is 0.162 e. The van der Waals surface area contributed by atoms with Gasteiger partial charge in [-0.05, 0) is 12.1 Å². The second-order valence-corrected chi connectivity index (χ2v) is 4.27. The van der Waals surface area contributed by atoms with Gasteiger partial charge >= 0.3 is 0 Å². The van der Waals surface area contributed by atoms with Crippen LogP contribution in [0.5, 0.6) is 11.5 Å². The minimum absolute atomic E-state index is 0.753. The van der Waals surface area contributed by atoms with Crippen molar-refractivity contribution in [2.24, 2.45) is 0 Å². The number of hydrogen-bond acceptors (Lipinski definition) is 5. The number of nitrogens with one attached hydrogen (secondary N) is 2. The molecule has 0 aromatic heterocycles. The summed E-state index contributed by atoms with van der Waals surface area (Å²) in [5.41, 5.74) is 1.05. The van der Waals surface area contributed by atoms with Gasteiger partial charge in [0.05, 0.1) is 20.9 Å². The molecule has 0 amide bonds. The summed E-state index contributed by atoms with van der Waals surface area (Å²) in [6.07, 6.45) is 0. The van der Waals surface area contributed by atoms with Gasteiger partial charge in [0.2, 0.25) is 0 Å². The molecular formula is C13H21N3O2. The summed E-state index contributed by atoms with van der Waals surface area (Å²) in [6.45, 7) is 5.15. The molecule has 5 heteroatoms. The molecule has 1 fully saturated rings. The molecule has 5 nitrogen and oxygen atoms in total. The van der Waals surface area contributed by atoms with Crippen LogP contribution in [0, 0.1) is 0 Å². The van der Waals surface area contributed by atoms with Gasteiger partial charge in [-0.1, -0.05) is 0 Å². The lowest BCUT2D eigenvalue weighted by Gasteiger charge is -2.27. The molecule has 2 rings (SSSR count). The average Bonchev–Trinajstić information content (AvgIpc) is 2.45. The summed E-state index contributed by atoms with van der Waals surface area (Å²) in [7, 11) is 3.30. The summed E-state index contributed by atoms with van der Waals surface area (Å²) in [5.74, 6) is 1.51. The normalized spacial score (nSPS) is 16.3. The molecule has 1 heterocycles. The van der Waals surface area contributed by atoms with Gasteiger partial charge in [-0.25, -0.2) is 0 Å². The van der Waals surface area contributed by atoms with Gasteiger partial charge in [-0.3, -0.25) is 4.90 Å². The molecular weight excluding hydrogens is 230 g/mol. The predicted molar refractivity (Wildman–Crippen MR) is 72.5 cm³/mol. The monoisotopic (exact) mass is 251 g/mol. The number of rotatable bonds is 5. The summed E-state index contributed by atoms with van der Waals surface area (Å²) in [6, 6.07) is 5.88. The minimum Gasteiger partial charge on any atom is -0.493 e. The van der Waals surface area contributed by atoms with Crippen LogP contribution in [0.2, 0.25) is 0 Å². The first-order valence-corrected chi connectivity index (χ1v) is 6.22. The van der Waals surface area contributed by atoms with E-state index < -0.39 is 0 Å². The van der Waals surface area contributed by atoms with Crippen molar-refractivity contribution in [2.75, 3.05) is 52.4 Å². The Balaban J connectivity index is 1.92. The molecule has 1 aromatic carbocycles. The van der Waals surface area contributed by atoms with Crippen LogP contribution >= 0.6 is 0 Å². The number of benzene rings is 1. The van der Waals surface area contributed by atoms with Crippen LogP contribution < -0.4 is 20.1 Å². The van der Waals surface area contributed by atoms with Crippen molar-refractivity contribution in [1.29, 1.82) is 0 Å². The second-order valence-electron chi connectivity index (χ2n) is 4.27. The molecule has 100 valence electrons. The Morgan fingerprint density at radius 2 is 1.89 bits per heavy atom. The highest BCUT2D eigenvalue weighted by atomic mass is 16.5. The Morgan fingerprint density at radius 3 is 2.56 bits per heavy atom. The third-order valence-electron chi connectivity index (χ3n) is 3.10. The third kappa shape index (κ3) is 3.27. The van der Waals surface area contributed by atoms with E-state index in [-0.39, 0.29) is 0 Å². The van der Waals surface area contributed by atoms with Crippen LogP contribution in [0.3, 0.4) is 0 Å². The number of methoxy groups -OCH3 is 2. The van der Waals surface area contributed by atoms with Crippen molar-refractivity contribution in [3.05, 3.63) is 18.2 Å². The first-order valence-electron chi connectivity index (χ1n) is 6.22. The average molecular weight is 251 g/mol. The van der Waals surface area contributed by atoms with Crippen molar-refractivity contribution in [3.8, 4) is 11.5 Å². The Bertz CT molecular complexity index is 378. The highest BCUT2D eigenvalue weighted by molar-refractivity contribution is 5.54. The van der Waals surface area contributed by atoms with Gasteiger partial charge in [0.1, 0.15) is 0 Å². The highest BCUT2D eigenvalue weighted by Crippen LogP contribution is 2.29. The standard InChI is InChI=1S/C13H21N3O2/c1-17-12-4-3-11(9-13(12)18-2)15-10-16-7-5-14-6-8-16/h3-4,9,14-15H,5-8,10H2,1-2H3. The van der Waals surface area contributed by atoms with Gasteiger partial charge in [0.15, 0.2) is 11.5 Å².